The first-order chi connectivity index (χ1) is 12.0. The number of aromatic nitrogens is 1. The van der Waals surface area contributed by atoms with Crippen LogP contribution in [0.3, 0.4) is 0 Å². The van der Waals surface area contributed by atoms with Gasteiger partial charge in [-0.15, -0.1) is 11.3 Å². The van der Waals surface area contributed by atoms with Gasteiger partial charge in [-0.05, 0) is 55.8 Å². The van der Waals surface area contributed by atoms with Crippen LogP contribution in [0, 0.1) is 18.3 Å². The Balaban J connectivity index is 1.83. The van der Waals surface area contributed by atoms with Gasteiger partial charge in [-0.3, -0.25) is 4.79 Å². The number of benzene rings is 2. The Morgan fingerprint density at radius 1 is 1.24 bits per heavy atom. The molecule has 0 spiro atoms. The second-order valence-corrected chi connectivity index (χ2v) is 6.62. The van der Waals surface area contributed by atoms with Gasteiger partial charge in [-0.2, -0.15) is 5.26 Å². The molecule has 5 nitrogen and oxygen atoms in total. The van der Waals surface area contributed by atoms with E-state index in [4.69, 9.17) is 5.26 Å². The minimum absolute atomic E-state index is 0.300. The molecule has 25 heavy (non-hydrogen) atoms. The van der Waals surface area contributed by atoms with Gasteiger partial charge in [0, 0.05) is 11.3 Å². The van der Waals surface area contributed by atoms with E-state index in [1.165, 1.54) is 12.5 Å². The number of aliphatic hydroxyl groups excluding tert-OH is 1. The Bertz CT molecular complexity index is 1020. The van der Waals surface area contributed by atoms with Crippen molar-refractivity contribution in [3.8, 4) is 16.6 Å². The van der Waals surface area contributed by atoms with Crippen LogP contribution in [-0.4, -0.2) is 16.0 Å². The van der Waals surface area contributed by atoms with E-state index in [0.29, 0.717) is 5.69 Å². The number of hydrogen-bond donors (Lipinski definition) is 2. The highest BCUT2D eigenvalue weighted by molar-refractivity contribution is 7.21. The Morgan fingerprint density at radius 2 is 1.96 bits per heavy atom. The van der Waals surface area contributed by atoms with E-state index < -0.39 is 5.91 Å². The molecule has 6 heteroatoms. The van der Waals surface area contributed by atoms with E-state index in [9.17, 15) is 9.90 Å². The predicted molar refractivity (Wildman–Crippen MR) is 99.4 cm³/mol. The Labute approximate surface area is 148 Å². The quantitative estimate of drug-likeness (QED) is 0.412. The zero-order chi connectivity index (χ0) is 18.0. The van der Waals surface area contributed by atoms with E-state index >= 15 is 0 Å². The van der Waals surface area contributed by atoms with Crippen LogP contribution in [-0.2, 0) is 4.79 Å². The zero-order valence-electron chi connectivity index (χ0n) is 13.7. The minimum Gasteiger partial charge on any atom is -0.511 e. The summed E-state index contributed by atoms with van der Waals surface area (Å²) < 4.78 is 1.13. The molecule has 2 aromatic carbocycles. The van der Waals surface area contributed by atoms with E-state index in [1.807, 2.05) is 31.2 Å². The molecule has 0 unspecified atom stereocenters. The molecule has 2 N–H and O–H groups in total. The van der Waals surface area contributed by atoms with Crippen molar-refractivity contribution in [2.45, 2.75) is 13.8 Å². The van der Waals surface area contributed by atoms with E-state index in [-0.39, 0.29) is 11.3 Å². The average Bonchev–Trinajstić information content (AvgIpc) is 2.98. The lowest BCUT2D eigenvalue weighted by atomic mass is 10.2. The van der Waals surface area contributed by atoms with Gasteiger partial charge in [-0.1, -0.05) is 6.07 Å². The first-order valence-electron chi connectivity index (χ1n) is 7.57. The molecule has 0 saturated carbocycles. The Kier molecular flexibility index (Phi) is 4.50. The van der Waals surface area contributed by atoms with Crippen LogP contribution in [0.2, 0.25) is 0 Å². The van der Waals surface area contributed by atoms with Crippen LogP contribution >= 0.6 is 11.3 Å². The maximum Gasteiger partial charge on any atom is 0.269 e. The first kappa shape index (κ1) is 16.7. The fourth-order valence-electron chi connectivity index (χ4n) is 2.34. The molecule has 0 aliphatic heterocycles. The number of nitrogens with zero attached hydrogens (tertiary/aromatic N) is 2. The van der Waals surface area contributed by atoms with Gasteiger partial charge in [-0.25, -0.2) is 4.98 Å². The first-order valence-corrected chi connectivity index (χ1v) is 8.38. The van der Waals surface area contributed by atoms with E-state index in [2.05, 4.69) is 16.4 Å². The molecule has 124 valence electrons. The molecular formula is C19H15N3O2S. The molecule has 0 bridgehead atoms. The monoisotopic (exact) mass is 349 g/mol. The molecule has 3 aromatic rings. The van der Waals surface area contributed by atoms with Crippen LogP contribution in [0.15, 0.2) is 53.8 Å². The number of nitriles is 1. The van der Waals surface area contributed by atoms with Crippen molar-refractivity contribution in [1.29, 1.82) is 5.26 Å². The summed E-state index contributed by atoms with van der Waals surface area (Å²) in [5, 5.41) is 21.7. The number of fused-ring (bicyclic) bond motifs is 1. The number of aliphatic hydroxyl groups is 1. The Hall–Kier alpha value is -3.17. The number of hydrogen-bond acceptors (Lipinski definition) is 5. The molecule has 0 radical (unpaired) electrons. The summed E-state index contributed by atoms with van der Waals surface area (Å²) in [4.78, 5) is 16.6. The van der Waals surface area contributed by atoms with Gasteiger partial charge < -0.3 is 10.4 Å². The van der Waals surface area contributed by atoms with Crippen LogP contribution in [0.5, 0.6) is 0 Å². The second-order valence-electron chi connectivity index (χ2n) is 5.59. The van der Waals surface area contributed by atoms with Gasteiger partial charge >= 0.3 is 0 Å². The van der Waals surface area contributed by atoms with Crippen LogP contribution in [0.25, 0.3) is 20.8 Å². The number of aryl methyl sites for hydroxylation is 1. The van der Waals surface area contributed by atoms with Gasteiger partial charge in [0.2, 0.25) is 0 Å². The summed E-state index contributed by atoms with van der Waals surface area (Å²) in [6.45, 7) is 3.35. The minimum atomic E-state index is -0.634. The highest BCUT2D eigenvalue weighted by atomic mass is 32.1. The van der Waals surface area contributed by atoms with Gasteiger partial charge in [0.25, 0.3) is 5.91 Å². The molecule has 0 atom stereocenters. The summed E-state index contributed by atoms with van der Waals surface area (Å²) in [6.07, 6.45) is 0. The number of nitrogens with one attached hydrogen (secondary N) is 1. The third kappa shape index (κ3) is 3.52. The largest absolute Gasteiger partial charge is 0.511 e. The third-order valence-electron chi connectivity index (χ3n) is 3.63. The fraction of sp³-hybridized carbons (Fsp3) is 0.105. The second kappa shape index (κ2) is 6.75. The molecule has 1 amide bonds. The zero-order valence-corrected chi connectivity index (χ0v) is 14.5. The lowest BCUT2D eigenvalue weighted by Crippen LogP contribution is -2.14. The number of allylic oxidation sites excluding steroid dienone is 1. The number of carbonyl (C=O) groups excluding carboxylic acids is 1. The topological polar surface area (TPSA) is 86.0 Å². The summed E-state index contributed by atoms with van der Waals surface area (Å²) >= 11 is 1.61. The average molecular weight is 349 g/mol. The highest BCUT2D eigenvalue weighted by Crippen LogP contribution is 2.31. The highest BCUT2D eigenvalue weighted by Gasteiger charge is 2.13. The molecule has 1 aromatic heterocycles. The Morgan fingerprint density at radius 3 is 2.60 bits per heavy atom. The lowest BCUT2D eigenvalue weighted by Gasteiger charge is -2.05. The van der Waals surface area contributed by atoms with Crippen LogP contribution < -0.4 is 5.32 Å². The summed E-state index contributed by atoms with van der Waals surface area (Å²) in [6, 6.07) is 15.0. The predicted octanol–water partition coefficient (Wildman–Crippen LogP) is 4.57. The van der Waals surface area contributed by atoms with Crippen LogP contribution in [0.4, 0.5) is 5.69 Å². The normalized spacial score (nSPS) is 11.7. The number of anilines is 1. The van der Waals surface area contributed by atoms with Crippen molar-refractivity contribution in [3.05, 3.63) is 59.4 Å². The molecule has 1 heterocycles. The van der Waals surface area contributed by atoms with Gasteiger partial charge in [0.15, 0.2) is 5.57 Å². The van der Waals surface area contributed by atoms with Crippen LogP contribution in [0.1, 0.15) is 12.5 Å². The number of carbonyl (C=O) groups is 1. The van der Waals surface area contributed by atoms with E-state index in [1.54, 1.807) is 29.5 Å². The smallest absolute Gasteiger partial charge is 0.269 e. The summed E-state index contributed by atoms with van der Waals surface area (Å²) in [7, 11) is 0. The standard InChI is InChI=1S/C19H15N3O2S/c1-11-3-8-16-17(9-11)25-19(22-16)13-4-6-14(7-5-13)21-18(24)15(10-20)12(2)23/h3-9,23H,1-2H3,(H,21,24)/b15-12-. The molecule has 3 rings (SSSR count). The maximum absolute atomic E-state index is 11.9. The van der Waals surface area contributed by atoms with Crippen molar-refractivity contribution in [2.75, 3.05) is 5.32 Å². The van der Waals surface area contributed by atoms with Crippen molar-refractivity contribution < 1.29 is 9.90 Å². The molecule has 0 fully saturated rings. The fourth-order valence-corrected chi connectivity index (χ4v) is 3.41. The number of rotatable bonds is 3. The molecule has 0 aliphatic rings. The molecular weight excluding hydrogens is 334 g/mol. The number of thiazole rings is 1. The van der Waals surface area contributed by atoms with Crippen molar-refractivity contribution in [3.63, 3.8) is 0 Å². The van der Waals surface area contributed by atoms with Crippen molar-refractivity contribution >= 4 is 33.1 Å². The number of amides is 1. The van der Waals surface area contributed by atoms with Crippen molar-refractivity contribution in [1.82, 2.24) is 4.98 Å². The summed E-state index contributed by atoms with van der Waals surface area (Å²) in [5.74, 6) is -0.938. The van der Waals surface area contributed by atoms with Crippen molar-refractivity contribution in [2.24, 2.45) is 0 Å². The maximum atomic E-state index is 11.9. The lowest BCUT2D eigenvalue weighted by molar-refractivity contribution is -0.112. The SMILES string of the molecule is C/C(O)=C(\C#N)C(=O)Nc1ccc(-c2nc3ccc(C)cc3s2)cc1. The third-order valence-corrected chi connectivity index (χ3v) is 4.70. The molecule has 0 aliphatic carbocycles. The van der Waals surface area contributed by atoms with Gasteiger partial charge in [0.1, 0.15) is 16.8 Å². The van der Waals surface area contributed by atoms with Gasteiger partial charge in [0.05, 0.1) is 10.2 Å². The van der Waals surface area contributed by atoms with E-state index in [0.717, 1.165) is 20.8 Å². The molecule has 0 saturated heterocycles. The summed E-state index contributed by atoms with van der Waals surface area (Å²) in [5.41, 5.74) is 3.35.